The fourth-order valence-corrected chi connectivity index (χ4v) is 2.03. The molecule has 1 aliphatic carbocycles. The van der Waals surface area contributed by atoms with E-state index < -0.39 is 0 Å². The minimum absolute atomic E-state index is 0.500. The average Bonchev–Trinajstić information content (AvgIpc) is 2.55. The molecule has 1 atom stereocenters. The van der Waals surface area contributed by atoms with Gasteiger partial charge in [-0.2, -0.15) is 0 Å². The summed E-state index contributed by atoms with van der Waals surface area (Å²) in [5.41, 5.74) is 0.584. The standard InChI is InChI=1S/C8H13NO/c1-7-4-8(2-3-8)5-9(7)6-10/h6-7H,2-5H2,1H3. The molecule has 0 aromatic heterocycles. The molecule has 2 heteroatoms. The Morgan fingerprint density at radius 3 is 2.60 bits per heavy atom. The molecule has 56 valence electrons. The smallest absolute Gasteiger partial charge is 0.209 e. The van der Waals surface area contributed by atoms with Crippen molar-refractivity contribution in [2.24, 2.45) is 5.41 Å². The molecule has 2 nitrogen and oxygen atoms in total. The summed E-state index contributed by atoms with van der Waals surface area (Å²) in [6.07, 6.45) is 4.94. The maximum absolute atomic E-state index is 10.5. The number of hydrogen-bond donors (Lipinski definition) is 0. The SMILES string of the molecule is CC1CC2(CC2)CN1C=O. The Kier molecular flexibility index (Phi) is 1.08. The summed E-state index contributed by atoms with van der Waals surface area (Å²) in [6.45, 7) is 3.17. The van der Waals surface area contributed by atoms with E-state index in [2.05, 4.69) is 6.92 Å². The fraction of sp³-hybridized carbons (Fsp3) is 0.875. The molecule has 0 radical (unpaired) electrons. The second-order valence-corrected chi connectivity index (χ2v) is 3.83. The van der Waals surface area contributed by atoms with Crippen molar-refractivity contribution in [3.63, 3.8) is 0 Å². The molecule has 1 unspecified atom stereocenters. The first-order chi connectivity index (χ1) is 4.76. The maximum atomic E-state index is 10.5. The molecule has 2 fully saturated rings. The van der Waals surface area contributed by atoms with E-state index in [0.29, 0.717) is 11.5 Å². The van der Waals surface area contributed by atoms with Crippen LogP contribution in [0, 0.1) is 5.41 Å². The van der Waals surface area contributed by atoms with Crippen LogP contribution in [-0.4, -0.2) is 23.9 Å². The highest BCUT2D eigenvalue weighted by atomic mass is 16.1. The lowest BCUT2D eigenvalue weighted by atomic mass is 10.0. The van der Waals surface area contributed by atoms with E-state index in [1.54, 1.807) is 0 Å². The van der Waals surface area contributed by atoms with Crippen LogP contribution in [0.15, 0.2) is 0 Å². The third kappa shape index (κ3) is 0.746. The monoisotopic (exact) mass is 139 g/mol. The average molecular weight is 139 g/mol. The molecular formula is C8H13NO. The molecule has 0 bridgehead atoms. The van der Waals surface area contributed by atoms with E-state index in [9.17, 15) is 4.79 Å². The zero-order valence-corrected chi connectivity index (χ0v) is 6.34. The normalized spacial score (nSPS) is 34.9. The predicted molar refractivity (Wildman–Crippen MR) is 38.5 cm³/mol. The van der Waals surface area contributed by atoms with Gasteiger partial charge in [-0.1, -0.05) is 0 Å². The molecule has 0 N–H and O–H groups in total. The van der Waals surface area contributed by atoms with Gasteiger partial charge in [-0.05, 0) is 31.6 Å². The molecule has 10 heavy (non-hydrogen) atoms. The first-order valence-corrected chi connectivity index (χ1v) is 3.97. The van der Waals surface area contributed by atoms with E-state index in [0.717, 1.165) is 13.0 Å². The summed E-state index contributed by atoms with van der Waals surface area (Å²) >= 11 is 0. The van der Waals surface area contributed by atoms with Gasteiger partial charge >= 0.3 is 0 Å². The van der Waals surface area contributed by atoms with Crippen LogP contribution in [0.4, 0.5) is 0 Å². The summed E-state index contributed by atoms with van der Waals surface area (Å²) in [5.74, 6) is 0. The maximum Gasteiger partial charge on any atom is 0.209 e. The van der Waals surface area contributed by atoms with Crippen LogP contribution >= 0.6 is 0 Å². The molecule has 2 aliphatic rings. The number of carbonyl (C=O) groups is 1. The molecule has 1 heterocycles. The lowest BCUT2D eigenvalue weighted by Gasteiger charge is -2.13. The zero-order valence-electron chi connectivity index (χ0n) is 6.34. The van der Waals surface area contributed by atoms with Gasteiger partial charge in [-0.25, -0.2) is 0 Å². The van der Waals surface area contributed by atoms with Crippen molar-refractivity contribution in [2.75, 3.05) is 6.54 Å². The lowest BCUT2D eigenvalue weighted by molar-refractivity contribution is -0.118. The van der Waals surface area contributed by atoms with Gasteiger partial charge in [-0.3, -0.25) is 4.79 Å². The Labute approximate surface area is 61.2 Å². The molecule has 1 aliphatic heterocycles. The van der Waals surface area contributed by atoms with Crippen molar-refractivity contribution >= 4 is 6.41 Å². The lowest BCUT2D eigenvalue weighted by Crippen LogP contribution is -2.25. The van der Waals surface area contributed by atoms with E-state index >= 15 is 0 Å². The first-order valence-electron chi connectivity index (χ1n) is 3.97. The van der Waals surface area contributed by atoms with E-state index in [1.807, 2.05) is 4.90 Å². The summed E-state index contributed by atoms with van der Waals surface area (Å²) in [7, 11) is 0. The van der Waals surface area contributed by atoms with Crippen molar-refractivity contribution in [3.05, 3.63) is 0 Å². The molecule has 0 aromatic carbocycles. The van der Waals surface area contributed by atoms with Crippen LogP contribution in [0.5, 0.6) is 0 Å². The fourth-order valence-electron chi connectivity index (χ4n) is 2.03. The van der Waals surface area contributed by atoms with Crippen LogP contribution in [0.3, 0.4) is 0 Å². The van der Waals surface area contributed by atoms with Gasteiger partial charge in [0, 0.05) is 12.6 Å². The highest BCUT2D eigenvalue weighted by molar-refractivity contribution is 5.49. The Balaban J connectivity index is 2.07. The quantitative estimate of drug-likeness (QED) is 0.497. The molecule has 1 saturated heterocycles. The number of amides is 1. The van der Waals surface area contributed by atoms with Crippen molar-refractivity contribution < 1.29 is 4.79 Å². The predicted octanol–water partition coefficient (Wildman–Crippen LogP) is 1.02. The second kappa shape index (κ2) is 1.74. The van der Waals surface area contributed by atoms with Gasteiger partial charge in [0.25, 0.3) is 0 Å². The second-order valence-electron chi connectivity index (χ2n) is 3.83. The molecule has 2 rings (SSSR count). The van der Waals surface area contributed by atoms with Crippen molar-refractivity contribution in [2.45, 2.75) is 32.2 Å². The Bertz CT molecular complexity index is 163. The summed E-state index contributed by atoms with van der Waals surface area (Å²) < 4.78 is 0. The Morgan fingerprint density at radius 2 is 2.30 bits per heavy atom. The van der Waals surface area contributed by atoms with Crippen LogP contribution in [-0.2, 0) is 4.79 Å². The van der Waals surface area contributed by atoms with Crippen LogP contribution in [0.1, 0.15) is 26.2 Å². The number of rotatable bonds is 1. The summed E-state index contributed by atoms with van der Waals surface area (Å²) in [4.78, 5) is 12.4. The Hall–Kier alpha value is -0.530. The molecule has 0 aromatic rings. The summed E-state index contributed by atoms with van der Waals surface area (Å²) in [6, 6.07) is 0.500. The first kappa shape index (κ1) is 6.20. The minimum Gasteiger partial charge on any atom is -0.342 e. The van der Waals surface area contributed by atoms with Gasteiger partial charge in [0.2, 0.25) is 6.41 Å². The zero-order chi connectivity index (χ0) is 7.19. The minimum atomic E-state index is 0.500. The highest BCUT2D eigenvalue weighted by Crippen LogP contribution is 2.54. The van der Waals surface area contributed by atoms with Crippen LogP contribution in [0.2, 0.25) is 0 Å². The van der Waals surface area contributed by atoms with Gasteiger partial charge in [0.15, 0.2) is 0 Å². The van der Waals surface area contributed by atoms with E-state index in [-0.39, 0.29) is 0 Å². The topological polar surface area (TPSA) is 20.3 Å². The third-order valence-electron chi connectivity index (χ3n) is 2.91. The van der Waals surface area contributed by atoms with Crippen LogP contribution < -0.4 is 0 Å². The largest absolute Gasteiger partial charge is 0.342 e. The molecular weight excluding hydrogens is 126 g/mol. The van der Waals surface area contributed by atoms with Gasteiger partial charge in [0.05, 0.1) is 0 Å². The number of hydrogen-bond acceptors (Lipinski definition) is 1. The van der Waals surface area contributed by atoms with Gasteiger partial charge in [-0.15, -0.1) is 0 Å². The van der Waals surface area contributed by atoms with Gasteiger partial charge < -0.3 is 4.90 Å². The molecule has 1 spiro atoms. The van der Waals surface area contributed by atoms with Crippen molar-refractivity contribution in [3.8, 4) is 0 Å². The number of likely N-dealkylation sites (tertiary alicyclic amines) is 1. The third-order valence-corrected chi connectivity index (χ3v) is 2.91. The highest BCUT2D eigenvalue weighted by Gasteiger charge is 2.50. The number of carbonyl (C=O) groups excluding carboxylic acids is 1. The van der Waals surface area contributed by atoms with E-state index in [4.69, 9.17) is 0 Å². The number of nitrogens with zero attached hydrogens (tertiary/aromatic N) is 1. The Morgan fingerprint density at radius 1 is 1.60 bits per heavy atom. The van der Waals surface area contributed by atoms with Crippen molar-refractivity contribution in [1.82, 2.24) is 4.90 Å². The van der Waals surface area contributed by atoms with E-state index in [1.165, 1.54) is 19.3 Å². The van der Waals surface area contributed by atoms with Crippen LogP contribution in [0.25, 0.3) is 0 Å². The van der Waals surface area contributed by atoms with Crippen molar-refractivity contribution in [1.29, 1.82) is 0 Å². The molecule has 1 saturated carbocycles. The summed E-state index contributed by atoms with van der Waals surface area (Å²) in [5, 5.41) is 0. The molecule has 1 amide bonds. The van der Waals surface area contributed by atoms with Gasteiger partial charge in [0.1, 0.15) is 0 Å².